The molecule has 192 valence electrons. The summed E-state index contributed by atoms with van der Waals surface area (Å²) in [6.45, 7) is 4.81. The Labute approximate surface area is 209 Å². The number of aryl methyl sites for hydroxylation is 1. The van der Waals surface area contributed by atoms with E-state index in [-0.39, 0.29) is 17.7 Å². The van der Waals surface area contributed by atoms with Crippen LogP contribution in [0.15, 0.2) is 30.3 Å². The average Bonchev–Trinajstić information content (AvgIpc) is 2.89. The first-order valence-corrected chi connectivity index (χ1v) is 13.9. The first-order valence-electron chi connectivity index (χ1n) is 13.9. The monoisotopic (exact) mass is 486 g/mol. The summed E-state index contributed by atoms with van der Waals surface area (Å²) in [5, 5.41) is 0. The zero-order chi connectivity index (χ0) is 24.8. The fourth-order valence-electron chi connectivity index (χ4n) is 6.14. The highest BCUT2D eigenvalue weighted by Gasteiger charge is 2.29. The first kappa shape index (κ1) is 26.1. The molecule has 4 rings (SSSR count). The summed E-state index contributed by atoms with van der Waals surface area (Å²) < 4.78 is 50.4. The molecule has 0 atom stereocenters. The van der Waals surface area contributed by atoms with Crippen LogP contribution in [-0.2, 0) is 6.42 Å². The number of rotatable bonds is 9. The van der Waals surface area contributed by atoms with E-state index in [0.717, 1.165) is 82.1 Å². The number of halogens is 3. The average molecular weight is 487 g/mol. The van der Waals surface area contributed by atoms with Crippen LogP contribution in [0.1, 0.15) is 113 Å². The van der Waals surface area contributed by atoms with E-state index in [1.807, 2.05) is 18.2 Å². The summed E-state index contributed by atoms with van der Waals surface area (Å²) in [7, 11) is 0. The van der Waals surface area contributed by atoms with E-state index in [2.05, 4.69) is 13.8 Å². The van der Waals surface area contributed by atoms with Gasteiger partial charge in [-0.05, 0) is 117 Å². The second-order valence-electron chi connectivity index (χ2n) is 10.9. The Bertz CT molecular complexity index is 956. The van der Waals surface area contributed by atoms with E-state index >= 15 is 8.78 Å². The summed E-state index contributed by atoms with van der Waals surface area (Å²) in [5.74, 6) is -0.00545. The van der Waals surface area contributed by atoms with Gasteiger partial charge in [0.05, 0.1) is 6.61 Å². The lowest BCUT2D eigenvalue weighted by Gasteiger charge is -2.31. The van der Waals surface area contributed by atoms with Crippen molar-refractivity contribution in [3.8, 4) is 5.75 Å². The lowest BCUT2D eigenvalue weighted by molar-refractivity contribution is 0.193. The third-order valence-electron chi connectivity index (χ3n) is 8.58. The Morgan fingerprint density at radius 1 is 0.743 bits per heavy atom. The molecular formula is C31H41F3O. The Morgan fingerprint density at radius 2 is 1.31 bits per heavy atom. The maximum Gasteiger partial charge on any atom is 0.165 e. The van der Waals surface area contributed by atoms with Crippen LogP contribution in [0.3, 0.4) is 0 Å². The summed E-state index contributed by atoms with van der Waals surface area (Å²) in [4.78, 5) is 0. The van der Waals surface area contributed by atoms with Crippen LogP contribution >= 0.6 is 0 Å². The molecule has 0 aliphatic heterocycles. The first-order chi connectivity index (χ1) is 17.0. The molecule has 2 aliphatic rings. The van der Waals surface area contributed by atoms with Crippen LogP contribution in [-0.4, -0.2) is 6.61 Å². The van der Waals surface area contributed by atoms with Crippen molar-refractivity contribution >= 4 is 0 Å². The molecule has 1 nitrogen and oxygen atoms in total. The van der Waals surface area contributed by atoms with Crippen molar-refractivity contribution < 1.29 is 17.9 Å². The molecule has 0 heterocycles. The molecule has 0 amide bonds. The number of unbranched alkanes of at least 4 members (excludes halogenated alkanes) is 1. The zero-order valence-electron chi connectivity index (χ0n) is 21.4. The molecular weight excluding hydrogens is 445 g/mol. The molecule has 2 aromatic carbocycles. The molecule has 4 heteroatoms. The van der Waals surface area contributed by atoms with Gasteiger partial charge in [0.2, 0.25) is 0 Å². The third kappa shape index (κ3) is 6.43. The maximum atomic E-state index is 15.1. The van der Waals surface area contributed by atoms with E-state index in [4.69, 9.17) is 4.74 Å². The van der Waals surface area contributed by atoms with Crippen molar-refractivity contribution in [1.82, 2.24) is 0 Å². The predicted molar refractivity (Wildman–Crippen MR) is 137 cm³/mol. The second kappa shape index (κ2) is 12.3. The molecule has 2 aromatic rings. The number of hydrogen-bond acceptors (Lipinski definition) is 1. The van der Waals surface area contributed by atoms with Crippen LogP contribution < -0.4 is 4.74 Å². The zero-order valence-corrected chi connectivity index (χ0v) is 21.4. The molecule has 2 saturated carbocycles. The molecule has 0 saturated heterocycles. The minimum atomic E-state index is -0.634. The van der Waals surface area contributed by atoms with Crippen molar-refractivity contribution in [2.45, 2.75) is 103 Å². The quantitative estimate of drug-likeness (QED) is 0.343. The summed E-state index contributed by atoms with van der Waals surface area (Å²) in [6.07, 6.45) is 11.7. The van der Waals surface area contributed by atoms with Gasteiger partial charge >= 0.3 is 0 Å². The minimum absolute atomic E-state index is 0.0419. The largest absolute Gasteiger partial charge is 0.490 e. The highest BCUT2D eigenvalue weighted by Crippen LogP contribution is 2.42. The van der Waals surface area contributed by atoms with E-state index < -0.39 is 11.6 Å². The van der Waals surface area contributed by atoms with Crippen molar-refractivity contribution in [3.05, 3.63) is 64.5 Å². The molecule has 0 radical (unpaired) electrons. The van der Waals surface area contributed by atoms with E-state index in [9.17, 15) is 4.39 Å². The van der Waals surface area contributed by atoms with Gasteiger partial charge in [-0.15, -0.1) is 0 Å². The highest BCUT2D eigenvalue weighted by molar-refractivity contribution is 5.32. The van der Waals surface area contributed by atoms with Crippen molar-refractivity contribution in [3.63, 3.8) is 0 Å². The summed E-state index contributed by atoms with van der Waals surface area (Å²) in [6, 6.07) is 8.96. The SMILES string of the molecule is CCCCc1ccc(OCC2CCC(c3ccc(C4CCC(CC)CC4)c(F)c3F)CC2)c(F)c1. The maximum absolute atomic E-state index is 15.1. The van der Waals surface area contributed by atoms with E-state index in [1.165, 1.54) is 6.42 Å². The van der Waals surface area contributed by atoms with Gasteiger partial charge in [-0.3, -0.25) is 0 Å². The van der Waals surface area contributed by atoms with Gasteiger partial charge < -0.3 is 4.74 Å². The van der Waals surface area contributed by atoms with E-state index in [0.29, 0.717) is 29.4 Å². The lowest BCUT2D eigenvalue weighted by Crippen LogP contribution is -2.21. The van der Waals surface area contributed by atoms with Gasteiger partial charge in [0.1, 0.15) is 0 Å². The third-order valence-corrected chi connectivity index (χ3v) is 8.58. The highest BCUT2D eigenvalue weighted by atomic mass is 19.2. The minimum Gasteiger partial charge on any atom is -0.490 e. The Balaban J connectivity index is 1.30. The number of hydrogen-bond donors (Lipinski definition) is 0. The standard InChI is InChI=1S/C31H41F3O/c1-3-5-6-22-11-18-29(28(32)19-22)35-20-23-9-14-25(15-10-23)27-17-16-26(30(33)31(27)34)24-12-7-21(4-2)8-13-24/h11,16-19,21,23-25H,3-10,12-15,20H2,1-2H3. The predicted octanol–water partition coefficient (Wildman–Crippen LogP) is 9.48. The molecule has 35 heavy (non-hydrogen) atoms. The normalized spacial score (nSPS) is 24.9. The van der Waals surface area contributed by atoms with Crippen LogP contribution in [0, 0.1) is 29.3 Å². The molecule has 0 spiro atoms. The molecule has 0 bridgehead atoms. The Hall–Kier alpha value is -1.97. The van der Waals surface area contributed by atoms with Crippen molar-refractivity contribution in [1.29, 1.82) is 0 Å². The van der Waals surface area contributed by atoms with Gasteiger partial charge in [0.25, 0.3) is 0 Å². The van der Waals surface area contributed by atoms with E-state index in [1.54, 1.807) is 12.1 Å². The molecule has 2 fully saturated rings. The Kier molecular flexibility index (Phi) is 9.19. The topological polar surface area (TPSA) is 9.23 Å². The Morgan fingerprint density at radius 3 is 1.83 bits per heavy atom. The van der Waals surface area contributed by atoms with Crippen molar-refractivity contribution in [2.24, 2.45) is 11.8 Å². The second-order valence-corrected chi connectivity index (χ2v) is 10.9. The van der Waals surface area contributed by atoms with Crippen LogP contribution in [0.2, 0.25) is 0 Å². The van der Waals surface area contributed by atoms with Gasteiger partial charge in [-0.1, -0.05) is 44.9 Å². The molecule has 0 aromatic heterocycles. The fourth-order valence-corrected chi connectivity index (χ4v) is 6.14. The van der Waals surface area contributed by atoms with Crippen LogP contribution in [0.25, 0.3) is 0 Å². The van der Waals surface area contributed by atoms with Gasteiger partial charge in [-0.2, -0.15) is 0 Å². The van der Waals surface area contributed by atoms with Crippen LogP contribution in [0.4, 0.5) is 13.2 Å². The summed E-state index contributed by atoms with van der Waals surface area (Å²) in [5.41, 5.74) is 2.11. The fraction of sp³-hybridized carbons (Fsp3) is 0.613. The van der Waals surface area contributed by atoms with Gasteiger partial charge in [0, 0.05) is 0 Å². The number of ether oxygens (including phenoxy) is 1. The van der Waals surface area contributed by atoms with Crippen molar-refractivity contribution in [2.75, 3.05) is 6.61 Å². The van der Waals surface area contributed by atoms with Crippen LogP contribution in [0.5, 0.6) is 5.75 Å². The smallest absolute Gasteiger partial charge is 0.165 e. The molecule has 2 aliphatic carbocycles. The van der Waals surface area contributed by atoms with Gasteiger partial charge in [0.15, 0.2) is 23.2 Å². The summed E-state index contributed by atoms with van der Waals surface area (Å²) >= 11 is 0. The number of benzene rings is 2. The molecule has 0 unspecified atom stereocenters. The van der Waals surface area contributed by atoms with Gasteiger partial charge in [-0.25, -0.2) is 13.2 Å². The molecule has 0 N–H and O–H groups in total. The lowest BCUT2D eigenvalue weighted by atomic mass is 9.76.